The summed E-state index contributed by atoms with van der Waals surface area (Å²) in [6.45, 7) is 0.806. The van der Waals surface area contributed by atoms with E-state index >= 15 is 0 Å². The van der Waals surface area contributed by atoms with Crippen molar-refractivity contribution in [2.24, 2.45) is 5.10 Å². The quantitative estimate of drug-likeness (QED) is 0.642. The van der Waals surface area contributed by atoms with Crippen LogP contribution in [-0.4, -0.2) is 22.5 Å². The predicted octanol–water partition coefficient (Wildman–Crippen LogP) is 3.46. The number of hydrogen-bond acceptors (Lipinski definition) is 5. The summed E-state index contributed by atoms with van der Waals surface area (Å²) in [5.41, 5.74) is 2.93. The first-order valence-corrected chi connectivity index (χ1v) is 10.0. The second kappa shape index (κ2) is 9.67. The maximum absolute atomic E-state index is 12.6. The summed E-state index contributed by atoms with van der Waals surface area (Å²) in [7, 11) is 0. The lowest BCUT2D eigenvalue weighted by atomic mass is 10.1. The van der Waals surface area contributed by atoms with Crippen LogP contribution >= 0.6 is 0 Å². The number of nitrogens with zero attached hydrogens (tertiary/aromatic N) is 3. The van der Waals surface area contributed by atoms with E-state index in [-0.39, 0.29) is 18.2 Å². The van der Waals surface area contributed by atoms with Crippen LogP contribution in [0.3, 0.4) is 0 Å². The van der Waals surface area contributed by atoms with Gasteiger partial charge in [0.05, 0.1) is 5.69 Å². The first-order valence-electron chi connectivity index (χ1n) is 10.0. The van der Waals surface area contributed by atoms with Crippen LogP contribution in [0.2, 0.25) is 0 Å². The molecule has 3 aromatic rings. The fourth-order valence-electron chi connectivity index (χ4n) is 3.13. The Balaban J connectivity index is 1.32. The highest BCUT2D eigenvalue weighted by Gasteiger charge is 2.25. The van der Waals surface area contributed by atoms with E-state index < -0.39 is 0 Å². The molecule has 0 saturated carbocycles. The number of aromatic nitrogens is 1. The number of pyridine rings is 1. The monoisotopic (exact) mass is 414 g/mol. The third kappa shape index (κ3) is 5.33. The zero-order chi connectivity index (χ0) is 21.5. The van der Waals surface area contributed by atoms with Crippen LogP contribution in [-0.2, 0) is 22.7 Å². The molecule has 31 heavy (non-hydrogen) atoms. The fraction of sp³-hybridized carbons (Fsp3) is 0.167. The van der Waals surface area contributed by atoms with Gasteiger partial charge in [0.2, 0.25) is 5.91 Å². The van der Waals surface area contributed by atoms with Gasteiger partial charge >= 0.3 is 0 Å². The molecule has 1 aromatic heterocycles. The standard InChI is InChI=1S/C24H22N4O3/c29-23-13-12-22(27-28(23)20-6-2-1-3-7-20)24(30)26-16-18-8-10-21(11-9-18)31-17-19-5-4-14-25-15-19/h1-11,14-15H,12-13,16-17H2,(H,26,30). The van der Waals surface area contributed by atoms with Gasteiger partial charge in [-0.15, -0.1) is 0 Å². The normalized spacial score (nSPS) is 13.5. The van der Waals surface area contributed by atoms with Gasteiger partial charge < -0.3 is 10.1 Å². The molecule has 0 saturated heterocycles. The van der Waals surface area contributed by atoms with Crippen molar-refractivity contribution >= 4 is 23.2 Å². The molecule has 0 fully saturated rings. The van der Waals surface area contributed by atoms with E-state index in [0.29, 0.717) is 31.0 Å². The van der Waals surface area contributed by atoms with E-state index in [4.69, 9.17) is 4.74 Å². The lowest BCUT2D eigenvalue weighted by Gasteiger charge is -2.23. The first-order chi connectivity index (χ1) is 15.2. The molecule has 7 nitrogen and oxygen atoms in total. The van der Waals surface area contributed by atoms with Crippen molar-refractivity contribution in [3.05, 3.63) is 90.3 Å². The average molecular weight is 414 g/mol. The summed E-state index contributed by atoms with van der Waals surface area (Å²) in [6.07, 6.45) is 4.08. The number of benzene rings is 2. The second-order valence-corrected chi connectivity index (χ2v) is 7.06. The lowest BCUT2D eigenvalue weighted by molar-refractivity contribution is -0.119. The highest BCUT2D eigenvalue weighted by Crippen LogP contribution is 2.20. The Morgan fingerprint density at radius 3 is 2.52 bits per heavy atom. The number of carbonyl (C=O) groups excluding carboxylic acids is 2. The number of ether oxygens (including phenoxy) is 1. The SMILES string of the molecule is O=C(NCc1ccc(OCc2cccnc2)cc1)C1=NN(c2ccccc2)C(=O)CC1. The van der Waals surface area contributed by atoms with Gasteiger partial charge in [-0.05, 0) is 35.9 Å². The molecule has 0 atom stereocenters. The molecule has 0 aliphatic carbocycles. The van der Waals surface area contributed by atoms with Gasteiger partial charge in [-0.1, -0.05) is 36.4 Å². The van der Waals surface area contributed by atoms with Crippen LogP contribution in [0.4, 0.5) is 5.69 Å². The van der Waals surface area contributed by atoms with Gasteiger partial charge in [0, 0.05) is 37.3 Å². The molecule has 0 radical (unpaired) electrons. The Morgan fingerprint density at radius 2 is 1.77 bits per heavy atom. The summed E-state index contributed by atoms with van der Waals surface area (Å²) in [5, 5.41) is 8.45. The zero-order valence-electron chi connectivity index (χ0n) is 16.9. The third-order valence-corrected chi connectivity index (χ3v) is 4.80. The van der Waals surface area contributed by atoms with E-state index in [1.165, 1.54) is 5.01 Å². The van der Waals surface area contributed by atoms with Crippen molar-refractivity contribution in [1.82, 2.24) is 10.3 Å². The van der Waals surface area contributed by atoms with E-state index in [0.717, 1.165) is 16.9 Å². The Hall–Kier alpha value is -4.00. The largest absolute Gasteiger partial charge is 0.489 e. The predicted molar refractivity (Wildman–Crippen MR) is 117 cm³/mol. The van der Waals surface area contributed by atoms with E-state index in [1.54, 1.807) is 24.5 Å². The van der Waals surface area contributed by atoms with Gasteiger partial charge in [-0.3, -0.25) is 14.6 Å². The Labute approximate surface area is 180 Å². The number of rotatable bonds is 7. The van der Waals surface area contributed by atoms with Gasteiger partial charge in [0.1, 0.15) is 18.1 Å². The Bertz CT molecular complexity index is 1070. The molecule has 0 spiro atoms. The fourth-order valence-corrected chi connectivity index (χ4v) is 3.13. The van der Waals surface area contributed by atoms with E-state index in [9.17, 15) is 9.59 Å². The molecular formula is C24H22N4O3. The molecule has 1 aliphatic heterocycles. The van der Waals surface area contributed by atoms with Crippen LogP contribution in [0, 0.1) is 0 Å². The van der Waals surface area contributed by atoms with Gasteiger partial charge in [-0.2, -0.15) is 5.10 Å². The molecule has 7 heteroatoms. The van der Waals surface area contributed by atoms with Crippen LogP contribution in [0.15, 0.2) is 84.2 Å². The summed E-state index contributed by atoms with van der Waals surface area (Å²) < 4.78 is 5.75. The number of anilines is 1. The van der Waals surface area contributed by atoms with E-state index in [1.807, 2.05) is 54.6 Å². The van der Waals surface area contributed by atoms with Crippen molar-refractivity contribution in [2.75, 3.05) is 5.01 Å². The Kier molecular flexibility index (Phi) is 6.32. The van der Waals surface area contributed by atoms with Crippen molar-refractivity contribution in [3.63, 3.8) is 0 Å². The molecule has 1 N–H and O–H groups in total. The number of hydrogen-bond donors (Lipinski definition) is 1. The molecule has 1 aliphatic rings. The molecule has 0 bridgehead atoms. The Morgan fingerprint density at radius 1 is 0.968 bits per heavy atom. The summed E-state index contributed by atoms with van der Waals surface area (Å²) in [5.74, 6) is 0.350. The van der Waals surface area contributed by atoms with Gasteiger partial charge in [0.25, 0.3) is 5.91 Å². The number of amides is 2. The van der Waals surface area contributed by atoms with Crippen molar-refractivity contribution in [3.8, 4) is 5.75 Å². The summed E-state index contributed by atoms with van der Waals surface area (Å²) in [4.78, 5) is 28.8. The first kappa shape index (κ1) is 20.3. The molecule has 2 aromatic carbocycles. The highest BCUT2D eigenvalue weighted by atomic mass is 16.5. The zero-order valence-corrected chi connectivity index (χ0v) is 16.9. The number of hydrazone groups is 1. The number of para-hydroxylation sites is 1. The van der Waals surface area contributed by atoms with Crippen molar-refractivity contribution < 1.29 is 14.3 Å². The second-order valence-electron chi connectivity index (χ2n) is 7.06. The molecular weight excluding hydrogens is 392 g/mol. The molecule has 2 heterocycles. The minimum Gasteiger partial charge on any atom is -0.489 e. The summed E-state index contributed by atoms with van der Waals surface area (Å²) in [6, 6.07) is 20.5. The van der Waals surface area contributed by atoms with Gasteiger partial charge in [-0.25, -0.2) is 5.01 Å². The number of carbonyl (C=O) groups is 2. The topological polar surface area (TPSA) is 83.9 Å². The van der Waals surface area contributed by atoms with Crippen LogP contribution < -0.4 is 15.1 Å². The average Bonchev–Trinajstić information content (AvgIpc) is 2.83. The van der Waals surface area contributed by atoms with Crippen LogP contribution in [0.5, 0.6) is 5.75 Å². The summed E-state index contributed by atoms with van der Waals surface area (Å²) >= 11 is 0. The molecule has 0 unspecified atom stereocenters. The molecule has 4 rings (SSSR count). The maximum atomic E-state index is 12.6. The van der Waals surface area contributed by atoms with Crippen molar-refractivity contribution in [1.29, 1.82) is 0 Å². The van der Waals surface area contributed by atoms with E-state index in [2.05, 4.69) is 15.4 Å². The van der Waals surface area contributed by atoms with Crippen molar-refractivity contribution in [2.45, 2.75) is 26.0 Å². The smallest absolute Gasteiger partial charge is 0.267 e. The third-order valence-electron chi connectivity index (χ3n) is 4.80. The van der Waals surface area contributed by atoms with Gasteiger partial charge in [0.15, 0.2) is 0 Å². The molecule has 156 valence electrons. The highest BCUT2D eigenvalue weighted by molar-refractivity contribution is 6.40. The molecule has 2 amide bonds. The van der Waals surface area contributed by atoms with Crippen LogP contribution in [0.25, 0.3) is 0 Å². The minimum absolute atomic E-state index is 0.121. The maximum Gasteiger partial charge on any atom is 0.267 e. The van der Waals surface area contributed by atoms with Crippen LogP contribution in [0.1, 0.15) is 24.0 Å². The number of nitrogens with one attached hydrogen (secondary N) is 1. The minimum atomic E-state index is -0.273. The lowest BCUT2D eigenvalue weighted by Crippen LogP contribution is -2.38.